The fourth-order valence-corrected chi connectivity index (χ4v) is 12.0. The molecule has 0 saturated heterocycles. The molecule has 0 N–H and O–H groups in total. The van der Waals surface area contributed by atoms with Gasteiger partial charge in [-0.3, -0.25) is 0 Å². The van der Waals surface area contributed by atoms with E-state index in [9.17, 15) is 0 Å². The molecular weight excluding hydrogens is 541 g/mol. The van der Waals surface area contributed by atoms with Crippen molar-refractivity contribution in [2.75, 3.05) is 0 Å². The maximum absolute atomic E-state index is 2.51. The second kappa shape index (κ2) is 9.86. The van der Waals surface area contributed by atoms with Gasteiger partial charge >= 0.3 is 95.2 Å². The van der Waals surface area contributed by atoms with Crippen LogP contribution in [-0.4, -0.2) is 12.6 Å². The number of aromatic nitrogens is 1. The molecule has 3 heterocycles. The molecule has 2 unspecified atom stereocenters. The summed E-state index contributed by atoms with van der Waals surface area (Å²) in [5.74, 6) is 0.691. The Labute approximate surface area is 227 Å². The summed E-state index contributed by atoms with van der Waals surface area (Å²) in [5.41, 5.74) is 11.4. The molecule has 0 amide bonds. The monoisotopic (exact) mass is 568 g/mol. The average molecular weight is 571 g/mol. The molecule has 0 radical (unpaired) electrons. The smallest absolute Gasteiger partial charge is 0.0950 e. The zero-order chi connectivity index (χ0) is 21.9. The van der Waals surface area contributed by atoms with Crippen molar-refractivity contribution in [1.29, 1.82) is 0 Å². The Bertz CT molecular complexity index is 1220. The first kappa shape index (κ1) is 26.5. The third-order valence-corrected chi connectivity index (χ3v) is 13.0. The van der Waals surface area contributed by atoms with Crippen LogP contribution < -0.4 is 24.8 Å². The van der Waals surface area contributed by atoms with Crippen LogP contribution in [0.5, 0.6) is 0 Å². The number of rotatable bonds is 2. The molecule has 2 aliphatic carbocycles. The van der Waals surface area contributed by atoms with Gasteiger partial charge in [0.05, 0.1) is 8.07 Å². The van der Waals surface area contributed by atoms with E-state index in [4.69, 9.17) is 0 Å². The third-order valence-electron chi connectivity index (χ3n) is 7.32. The Morgan fingerprint density at radius 1 is 0.879 bits per heavy atom. The zero-order valence-corrected chi connectivity index (χ0v) is 24.8. The van der Waals surface area contributed by atoms with E-state index in [1.807, 2.05) is 0 Å². The van der Waals surface area contributed by atoms with E-state index < -0.39 is 8.07 Å². The van der Waals surface area contributed by atoms with E-state index in [0.29, 0.717) is 9.54 Å². The fourth-order valence-electron chi connectivity index (χ4n) is 5.97. The van der Waals surface area contributed by atoms with Crippen LogP contribution in [0.2, 0.25) is 13.1 Å². The number of halogens is 2. The van der Waals surface area contributed by atoms with Crippen LogP contribution >= 0.6 is 0 Å². The van der Waals surface area contributed by atoms with Crippen molar-refractivity contribution in [3.63, 3.8) is 0 Å². The molecule has 1 aromatic heterocycles. The second-order valence-corrected chi connectivity index (χ2v) is 15.8. The Balaban J connectivity index is 0.000000184. The van der Waals surface area contributed by atoms with Crippen molar-refractivity contribution in [1.82, 2.24) is 4.57 Å². The molecule has 33 heavy (non-hydrogen) atoms. The Morgan fingerprint density at radius 3 is 2.12 bits per heavy atom. The van der Waals surface area contributed by atoms with Crippen molar-refractivity contribution in [3.8, 4) is 5.69 Å². The average Bonchev–Trinajstić information content (AvgIpc) is 3.45. The van der Waals surface area contributed by atoms with Crippen molar-refractivity contribution in [2.45, 2.75) is 43.0 Å². The molecule has 2 atom stereocenters. The van der Waals surface area contributed by atoms with Gasteiger partial charge in [0.1, 0.15) is 0 Å². The van der Waals surface area contributed by atoms with E-state index in [1.54, 1.807) is 46.6 Å². The van der Waals surface area contributed by atoms with E-state index >= 15 is 0 Å². The molecule has 0 spiro atoms. The van der Waals surface area contributed by atoms with Crippen LogP contribution in [0.3, 0.4) is 0 Å². The van der Waals surface area contributed by atoms with Crippen molar-refractivity contribution in [3.05, 3.63) is 100 Å². The van der Waals surface area contributed by atoms with Crippen LogP contribution in [0.4, 0.5) is 0 Å². The molecule has 2 aliphatic heterocycles. The minimum atomic E-state index is -1.17. The van der Waals surface area contributed by atoms with Crippen LogP contribution in [-0.2, 0) is 24.7 Å². The summed E-state index contributed by atoms with van der Waals surface area (Å²) in [5, 5.41) is 1.70. The Hall–Kier alpha value is -1.12. The topological polar surface area (TPSA) is 4.93 Å². The summed E-state index contributed by atoms with van der Waals surface area (Å²) in [7, 11) is -1.17. The fraction of sp³-hybridized carbons (Fsp3) is 0.286. The molecule has 2 bridgehead atoms. The normalized spacial score (nSPS) is 20.5. The minimum Gasteiger partial charge on any atom is -1.00 e. The second-order valence-electron chi connectivity index (χ2n) is 9.90. The number of allylic oxidation sites excluding steroid dienone is 2. The molecule has 0 saturated carbocycles. The summed E-state index contributed by atoms with van der Waals surface area (Å²) < 4.78 is 3.10. The molecule has 169 valence electrons. The summed E-state index contributed by atoms with van der Waals surface area (Å²) in [6.45, 7) is 11.9. The van der Waals surface area contributed by atoms with Gasteiger partial charge in [-0.2, -0.15) is 0 Å². The van der Waals surface area contributed by atoms with E-state index in [2.05, 4.69) is 111 Å². The zero-order valence-electron chi connectivity index (χ0n) is 19.9. The Morgan fingerprint density at radius 2 is 1.52 bits per heavy atom. The number of fused-ring (bicyclic) bond motifs is 1. The number of para-hydroxylation sites is 1. The molecular formula is C28H30Cl2NSiZr. The van der Waals surface area contributed by atoms with Gasteiger partial charge in [0.25, 0.3) is 0 Å². The molecule has 3 aromatic rings. The number of hydrogen-bond acceptors (Lipinski definition) is 0. The molecule has 0 fully saturated rings. The standard InChI is InChI=1S/C16H17NSi.C12H13.2ClH.Zr/c1-11-15-13-9-10-17(12-7-5-4-6-8-12)14(13)16(11)18(15,2)3;1-9(2)12-7-10-5-3-4-6-11(10)8-12;;;/h4-10,15H,1-3H3;3-9H,1-2H3;2*1H;/q;;;;+2/p-2. The molecule has 4 aliphatic rings. The van der Waals surface area contributed by atoms with Gasteiger partial charge in [-0.1, -0.05) is 36.9 Å². The third kappa shape index (κ3) is 4.14. The van der Waals surface area contributed by atoms with Gasteiger partial charge < -0.3 is 29.4 Å². The van der Waals surface area contributed by atoms with Gasteiger partial charge in [0.15, 0.2) is 0 Å². The van der Waals surface area contributed by atoms with Crippen LogP contribution in [0, 0.1) is 5.92 Å². The van der Waals surface area contributed by atoms with Gasteiger partial charge in [-0.05, 0) is 35.9 Å². The maximum Gasteiger partial charge on any atom is 0.0950 e. The van der Waals surface area contributed by atoms with E-state index in [0.717, 1.165) is 5.54 Å². The SMILES string of the molecule is CC(C)C1=Cc2ccccc2[CH]1[Zr+2].CC1=C2c3c(ccn3-c3ccccc3)C1[Si]2(C)C.[Cl-].[Cl-]. The largest absolute Gasteiger partial charge is 1.00 e. The molecule has 2 aromatic carbocycles. The first-order valence-electron chi connectivity index (χ1n) is 11.3. The van der Waals surface area contributed by atoms with Crippen molar-refractivity contribution >= 4 is 19.3 Å². The van der Waals surface area contributed by atoms with E-state index in [-0.39, 0.29) is 24.8 Å². The number of nitrogens with zero attached hydrogens (tertiary/aromatic N) is 1. The molecule has 5 heteroatoms. The molecule has 1 nitrogen and oxygen atoms in total. The predicted molar refractivity (Wildman–Crippen MR) is 131 cm³/mol. The summed E-state index contributed by atoms with van der Waals surface area (Å²) in [6, 6.07) is 21.8. The van der Waals surface area contributed by atoms with Gasteiger partial charge in [-0.25, -0.2) is 0 Å². The van der Waals surface area contributed by atoms with Crippen LogP contribution in [0.1, 0.15) is 52.3 Å². The minimum absolute atomic E-state index is 0. The first-order valence-corrected chi connectivity index (χ1v) is 15.8. The van der Waals surface area contributed by atoms with Crippen molar-refractivity contribution in [2.24, 2.45) is 5.92 Å². The number of benzene rings is 2. The van der Waals surface area contributed by atoms with E-state index in [1.165, 1.54) is 22.5 Å². The van der Waals surface area contributed by atoms with Crippen LogP contribution in [0.25, 0.3) is 17.0 Å². The van der Waals surface area contributed by atoms with Crippen molar-refractivity contribution < 1.29 is 49.5 Å². The maximum atomic E-state index is 2.51. The van der Waals surface area contributed by atoms with Gasteiger partial charge in [0, 0.05) is 23.1 Å². The number of hydrogen-bond donors (Lipinski definition) is 0. The molecule has 7 rings (SSSR count). The predicted octanol–water partition coefficient (Wildman–Crippen LogP) is 1.48. The first-order chi connectivity index (χ1) is 14.8. The van der Waals surface area contributed by atoms with Gasteiger partial charge in [0.2, 0.25) is 0 Å². The quantitative estimate of drug-likeness (QED) is 0.412. The van der Waals surface area contributed by atoms with Gasteiger partial charge in [-0.15, -0.1) is 0 Å². The summed E-state index contributed by atoms with van der Waals surface area (Å²) in [6.07, 6.45) is 4.61. The summed E-state index contributed by atoms with van der Waals surface area (Å²) >= 11 is 1.62. The Kier molecular flexibility index (Phi) is 7.91. The summed E-state index contributed by atoms with van der Waals surface area (Å²) in [4.78, 5) is 0. The van der Waals surface area contributed by atoms with Crippen LogP contribution in [0.15, 0.2) is 78.0 Å².